The number of hydrogen-bond acceptors (Lipinski definition) is 3. The fourth-order valence-electron chi connectivity index (χ4n) is 3.52. The molecule has 1 aliphatic carbocycles. The predicted molar refractivity (Wildman–Crippen MR) is 103 cm³/mol. The number of benzene rings is 1. The molecule has 1 aliphatic rings. The van der Waals surface area contributed by atoms with E-state index in [1.165, 1.54) is 12.1 Å². The van der Waals surface area contributed by atoms with Crippen molar-refractivity contribution in [1.29, 1.82) is 0 Å². The van der Waals surface area contributed by atoms with Gasteiger partial charge in [0.25, 0.3) is 0 Å². The number of nitrogens with one attached hydrogen (secondary N) is 1. The van der Waals surface area contributed by atoms with Crippen molar-refractivity contribution in [2.75, 3.05) is 0 Å². The predicted octanol–water partition coefficient (Wildman–Crippen LogP) is 4.68. The van der Waals surface area contributed by atoms with Gasteiger partial charge in [0, 0.05) is 37.2 Å². The van der Waals surface area contributed by atoms with Crippen LogP contribution in [0, 0.1) is 0 Å². The maximum atomic E-state index is 13.4. The van der Waals surface area contributed by atoms with E-state index in [2.05, 4.69) is 10.3 Å². The molecular weight excluding hydrogens is 387 g/mol. The van der Waals surface area contributed by atoms with Crippen LogP contribution in [0.5, 0.6) is 0 Å². The molecule has 1 aromatic carbocycles. The molecule has 0 radical (unpaired) electrons. The number of carbonyl (C=O) groups is 1. The van der Waals surface area contributed by atoms with Crippen molar-refractivity contribution in [2.24, 2.45) is 7.05 Å². The first kappa shape index (κ1) is 20.8. The Morgan fingerprint density at radius 3 is 2.50 bits per heavy atom. The number of amides is 1. The standard InChI is InChI=1S/C20H24F3N3OS/c1-26-12-11-24-19(26)28-16-9-7-15(8-10-16)25-18(27)13-17(20(21,22)23)14-5-3-2-4-6-14/h2-6,11-12,15-17H,7-10,13H2,1H3,(H,25,27). The second-order valence-corrected chi connectivity index (χ2v) is 8.46. The van der Waals surface area contributed by atoms with Gasteiger partial charge in [0.15, 0.2) is 5.16 Å². The number of halogens is 3. The number of thioether (sulfide) groups is 1. The van der Waals surface area contributed by atoms with E-state index < -0.39 is 24.4 Å². The van der Waals surface area contributed by atoms with Crippen molar-refractivity contribution in [3.05, 3.63) is 48.3 Å². The minimum absolute atomic E-state index is 0.0598. The van der Waals surface area contributed by atoms with Crippen LogP contribution < -0.4 is 5.32 Å². The highest BCUT2D eigenvalue weighted by atomic mass is 32.2. The van der Waals surface area contributed by atoms with Gasteiger partial charge in [-0.15, -0.1) is 0 Å². The maximum Gasteiger partial charge on any atom is 0.396 e. The fourth-order valence-corrected chi connectivity index (χ4v) is 4.67. The molecule has 1 aromatic heterocycles. The zero-order chi connectivity index (χ0) is 20.1. The molecule has 2 aromatic rings. The first-order valence-corrected chi connectivity index (χ1v) is 10.3. The Morgan fingerprint density at radius 2 is 1.93 bits per heavy atom. The van der Waals surface area contributed by atoms with Crippen molar-refractivity contribution in [3.8, 4) is 0 Å². The lowest BCUT2D eigenvalue weighted by atomic mass is 9.92. The third kappa shape index (κ3) is 5.53. The van der Waals surface area contributed by atoms with Crippen LogP contribution in [0.2, 0.25) is 0 Å². The molecule has 0 saturated heterocycles. The van der Waals surface area contributed by atoms with Crippen molar-refractivity contribution in [2.45, 2.75) is 60.6 Å². The highest BCUT2D eigenvalue weighted by molar-refractivity contribution is 7.99. The summed E-state index contributed by atoms with van der Waals surface area (Å²) in [5, 5.41) is 4.19. The van der Waals surface area contributed by atoms with Gasteiger partial charge < -0.3 is 9.88 Å². The maximum absolute atomic E-state index is 13.4. The molecule has 1 fully saturated rings. The summed E-state index contributed by atoms with van der Waals surface area (Å²) in [6, 6.07) is 7.57. The molecule has 1 unspecified atom stereocenters. The van der Waals surface area contributed by atoms with E-state index in [1.54, 1.807) is 36.2 Å². The molecule has 0 bridgehead atoms. The highest BCUT2D eigenvalue weighted by Gasteiger charge is 2.42. The molecular formula is C20H24F3N3OS. The van der Waals surface area contributed by atoms with Gasteiger partial charge in [0.2, 0.25) is 5.91 Å². The number of imidazole rings is 1. The molecule has 28 heavy (non-hydrogen) atoms. The first-order valence-electron chi connectivity index (χ1n) is 9.38. The number of aromatic nitrogens is 2. The summed E-state index contributed by atoms with van der Waals surface area (Å²) >= 11 is 1.72. The Kier molecular flexibility index (Phi) is 6.69. The smallest absolute Gasteiger partial charge is 0.353 e. The average molecular weight is 411 g/mol. The first-order chi connectivity index (χ1) is 13.3. The number of hydrogen-bond donors (Lipinski definition) is 1. The van der Waals surface area contributed by atoms with Crippen LogP contribution in [0.3, 0.4) is 0 Å². The van der Waals surface area contributed by atoms with Crippen LogP contribution in [0.4, 0.5) is 13.2 Å². The third-order valence-electron chi connectivity index (χ3n) is 5.07. The fraction of sp³-hybridized carbons (Fsp3) is 0.500. The number of alkyl halides is 3. The van der Waals surface area contributed by atoms with Crippen molar-refractivity contribution in [3.63, 3.8) is 0 Å². The molecule has 8 heteroatoms. The largest absolute Gasteiger partial charge is 0.396 e. The summed E-state index contributed by atoms with van der Waals surface area (Å²) in [5.41, 5.74) is 0.125. The van der Waals surface area contributed by atoms with E-state index in [0.29, 0.717) is 5.25 Å². The average Bonchev–Trinajstić information content (AvgIpc) is 3.06. The van der Waals surface area contributed by atoms with E-state index in [1.807, 2.05) is 17.8 Å². The molecule has 0 spiro atoms. The van der Waals surface area contributed by atoms with Gasteiger partial charge >= 0.3 is 6.18 Å². The van der Waals surface area contributed by atoms with Crippen molar-refractivity contribution in [1.82, 2.24) is 14.9 Å². The van der Waals surface area contributed by atoms with E-state index in [-0.39, 0.29) is 11.6 Å². The Balaban J connectivity index is 1.50. The lowest BCUT2D eigenvalue weighted by molar-refractivity contribution is -0.157. The zero-order valence-corrected chi connectivity index (χ0v) is 16.5. The zero-order valence-electron chi connectivity index (χ0n) is 15.7. The second kappa shape index (κ2) is 9.03. The van der Waals surface area contributed by atoms with Gasteiger partial charge in [-0.1, -0.05) is 42.1 Å². The van der Waals surface area contributed by atoms with Crippen LogP contribution in [0.25, 0.3) is 0 Å². The second-order valence-electron chi connectivity index (χ2n) is 7.19. The third-order valence-corrected chi connectivity index (χ3v) is 6.48. The summed E-state index contributed by atoms with van der Waals surface area (Å²) in [7, 11) is 1.95. The van der Waals surface area contributed by atoms with Crippen LogP contribution in [0.1, 0.15) is 43.6 Å². The van der Waals surface area contributed by atoms with E-state index in [9.17, 15) is 18.0 Å². The van der Waals surface area contributed by atoms with Crippen LogP contribution >= 0.6 is 11.8 Å². The normalized spacial score (nSPS) is 21.3. The van der Waals surface area contributed by atoms with Crippen LogP contribution in [-0.4, -0.2) is 32.9 Å². The molecule has 3 rings (SSSR count). The highest BCUT2D eigenvalue weighted by Crippen LogP contribution is 2.37. The molecule has 1 heterocycles. The van der Waals surface area contributed by atoms with E-state index in [0.717, 1.165) is 30.8 Å². The van der Waals surface area contributed by atoms with Gasteiger partial charge in [0.05, 0.1) is 5.92 Å². The molecule has 152 valence electrons. The van der Waals surface area contributed by atoms with E-state index in [4.69, 9.17) is 0 Å². The Bertz CT molecular complexity index is 771. The summed E-state index contributed by atoms with van der Waals surface area (Å²) in [6.45, 7) is 0. The SMILES string of the molecule is Cn1ccnc1SC1CCC(NC(=O)CC(c2ccccc2)C(F)(F)F)CC1. The molecule has 1 atom stereocenters. The summed E-state index contributed by atoms with van der Waals surface area (Å²) in [5.74, 6) is -2.31. The van der Waals surface area contributed by atoms with Gasteiger partial charge in [-0.2, -0.15) is 13.2 Å². The molecule has 1 saturated carbocycles. The quantitative estimate of drug-likeness (QED) is 0.751. The molecule has 1 N–H and O–H groups in total. The van der Waals surface area contributed by atoms with Crippen LogP contribution in [0.15, 0.2) is 47.9 Å². The number of carbonyl (C=O) groups excluding carboxylic acids is 1. The minimum atomic E-state index is -4.45. The Hall–Kier alpha value is -1.96. The Labute approximate surface area is 166 Å². The lowest BCUT2D eigenvalue weighted by Gasteiger charge is -2.29. The summed E-state index contributed by atoms with van der Waals surface area (Å²) in [4.78, 5) is 16.6. The lowest BCUT2D eigenvalue weighted by Crippen LogP contribution is -2.39. The van der Waals surface area contributed by atoms with E-state index >= 15 is 0 Å². The Morgan fingerprint density at radius 1 is 1.25 bits per heavy atom. The van der Waals surface area contributed by atoms with Gasteiger partial charge in [-0.25, -0.2) is 4.98 Å². The molecule has 0 aliphatic heterocycles. The monoisotopic (exact) mass is 411 g/mol. The minimum Gasteiger partial charge on any atom is -0.353 e. The van der Waals surface area contributed by atoms with Crippen molar-refractivity contribution < 1.29 is 18.0 Å². The van der Waals surface area contributed by atoms with Crippen LogP contribution in [-0.2, 0) is 11.8 Å². The number of rotatable bonds is 6. The number of aryl methyl sites for hydroxylation is 1. The van der Waals surface area contributed by atoms with Gasteiger partial charge in [-0.05, 0) is 31.2 Å². The van der Waals surface area contributed by atoms with Gasteiger partial charge in [0.1, 0.15) is 0 Å². The van der Waals surface area contributed by atoms with Crippen molar-refractivity contribution >= 4 is 17.7 Å². The topological polar surface area (TPSA) is 46.9 Å². The van der Waals surface area contributed by atoms with Gasteiger partial charge in [-0.3, -0.25) is 4.79 Å². The molecule has 1 amide bonds. The molecule has 4 nitrogen and oxygen atoms in total. The summed E-state index contributed by atoms with van der Waals surface area (Å²) < 4.78 is 42.2. The number of nitrogens with zero attached hydrogens (tertiary/aromatic N) is 2. The summed E-state index contributed by atoms with van der Waals surface area (Å²) in [6.07, 6.45) is 2.00.